The van der Waals surface area contributed by atoms with Gasteiger partial charge in [0.05, 0.1) is 6.61 Å². The van der Waals surface area contributed by atoms with E-state index in [0.29, 0.717) is 5.56 Å². The first-order valence-corrected chi connectivity index (χ1v) is 7.73. The minimum absolute atomic E-state index is 0.0403. The molecule has 0 aromatic heterocycles. The van der Waals surface area contributed by atoms with Gasteiger partial charge in [0.15, 0.2) is 0 Å². The molecule has 1 atom stereocenters. The zero-order valence-corrected chi connectivity index (χ0v) is 14.5. The Morgan fingerprint density at radius 1 is 1.38 bits per heavy atom. The maximum Gasteiger partial charge on any atom is 0.408 e. The largest absolute Gasteiger partial charge is 0.464 e. The van der Waals surface area contributed by atoms with Gasteiger partial charge < -0.3 is 14.8 Å². The molecule has 0 bridgehead atoms. The molecule has 132 valence electrons. The van der Waals surface area contributed by atoms with Gasteiger partial charge in [0.1, 0.15) is 17.5 Å². The molecule has 24 heavy (non-hydrogen) atoms. The Kier molecular flexibility index (Phi) is 6.95. The van der Waals surface area contributed by atoms with Crippen LogP contribution in [0, 0.1) is 5.82 Å². The lowest BCUT2D eigenvalue weighted by Gasteiger charge is -2.23. The van der Waals surface area contributed by atoms with E-state index >= 15 is 0 Å². The van der Waals surface area contributed by atoms with Crippen molar-refractivity contribution in [1.82, 2.24) is 5.32 Å². The molecule has 0 aliphatic heterocycles. The normalized spacial score (nSPS) is 12.2. The smallest absolute Gasteiger partial charge is 0.408 e. The molecule has 5 nitrogen and oxygen atoms in total. The van der Waals surface area contributed by atoms with Crippen LogP contribution in [0.3, 0.4) is 0 Å². The molecule has 0 spiro atoms. The van der Waals surface area contributed by atoms with E-state index < -0.39 is 29.5 Å². The Bertz CT molecular complexity index is 608. The first kappa shape index (κ1) is 19.7. The highest BCUT2D eigenvalue weighted by atomic mass is 19.1. The van der Waals surface area contributed by atoms with Crippen LogP contribution in [0.5, 0.6) is 0 Å². The monoisotopic (exact) mass is 337 g/mol. The third-order valence-electron chi connectivity index (χ3n) is 3.00. The van der Waals surface area contributed by atoms with Gasteiger partial charge >= 0.3 is 12.1 Å². The summed E-state index contributed by atoms with van der Waals surface area (Å²) in [6, 6.07) is 3.51. The molecule has 0 radical (unpaired) electrons. The molecule has 1 N–H and O–H groups in total. The van der Waals surface area contributed by atoms with Gasteiger partial charge in [-0.2, -0.15) is 0 Å². The highest BCUT2D eigenvalue weighted by Crippen LogP contribution is 2.15. The summed E-state index contributed by atoms with van der Waals surface area (Å²) in [6.45, 7) is 10.5. The molecule has 0 saturated heterocycles. The quantitative estimate of drug-likeness (QED) is 0.807. The zero-order chi connectivity index (χ0) is 18.3. The predicted molar refractivity (Wildman–Crippen MR) is 90.0 cm³/mol. The number of amides is 1. The summed E-state index contributed by atoms with van der Waals surface area (Å²) in [7, 11) is 0. The maximum absolute atomic E-state index is 14.1. The summed E-state index contributed by atoms with van der Waals surface area (Å²) in [5, 5.41) is 2.44. The molecule has 1 unspecified atom stereocenters. The molecule has 0 saturated carbocycles. The fourth-order valence-corrected chi connectivity index (χ4v) is 1.96. The number of nitrogens with one attached hydrogen (secondary N) is 1. The lowest BCUT2D eigenvalue weighted by atomic mass is 10.0. The van der Waals surface area contributed by atoms with E-state index in [4.69, 9.17) is 9.47 Å². The standard InChI is InChI=1S/C18H24FNO4/c1-6-12-8-9-13(14(19)10-12)11-15(16(21)23-7-2)20-17(22)24-18(3,4)5/h6,8-10,15H,1,7,11H2,2-5H3,(H,20,22). The number of esters is 1. The van der Waals surface area contributed by atoms with Crippen LogP contribution in [0.4, 0.5) is 9.18 Å². The fraction of sp³-hybridized carbons (Fsp3) is 0.444. The molecule has 1 aromatic rings. The fourth-order valence-electron chi connectivity index (χ4n) is 1.96. The Hall–Kier alpha value is -2.37. The van der Waals surface area contributed by atoms with Crippen molar-refractivity contribution in [3.8, 4) is 0 Å². The van der Waals surface area contributed by atoms with E-state index in [2.05, 4.69) is 11.9 Å². The number of carbonyl (C=O) groups is 2. The molecule has 1 amide bonds. The molecule has 0 aliphatic rings. The Morgan fingerprint density at radius 2 is 2.04 bits per heavy atom. The van der Waals surface area contributed by atoms with Gasteiger partial charge in [-0.15, -0.1) is 0 Å². The second kappa shape index (κ2) is 8.47. The van der Waals surface area contributed by atoms with Crippen LogP contribution in [0.15, 0.2) is 24.8 Å². The van der Waals surface area contributed by atoms with Crippen molar-refractivity contribution in [3.63, 3.8) is 0 Å². The molecule has 6 heteroatoms. The maximum atomic E-state index is 14.1. The molecular weight excluding hydrogens is 313 g/mol. The number of hydrogen-bond acceptors (Lipinski definition) is 4. The Morgan fingerprint density at radius 3 is 2.54 bits per heavy atom. The molecule has 0 fully saturated rings. The summed E-state index contributed by atoms with van der Waals surface area (Å²) >= 11 is 0. The SMILES string of the molecule is C=Cc1ccc(CC(NC(=O)OC(C)(C)C)C(=O)OCC)c(F)c1. The van der Waals surface area contributed by atoms with Crippen molar-refractivity contribution < 1.29 is 23.5 Å². The van der Waals surface area contributed by atoms with Crippen LogP contribution in [-0.2, 0) is 20.7 Å². The van der Waals surface area contributed by atoms with Crippen molar-refractivity contribution in [3.05, 3.63) is 41.7 Å². The number of carbonyl (C=O) groups excluding carboxylic acids is 2. The van der Waals surface area contributed by atoms with Gasteiger partial charge in [0.25, 0.3) is 0 Å². The van der Waals surface area contributed by atoms with Crippen molar-refractivity contribution in [2.75, 3.05) is 6.61 Å². The van der Waals surface area contributed by atoms with Gasteiger partial charge in [0, 0.05) is 6.42 Å². The highest BCUT2D eigenvalue weighted by Gasteiger charge is 2.26. The van der Waals surface area contributed by atoms with Crippen LogP contribution < -0.4 is 5.32 Å². The van der Waals surface area contributed by atoms with Gasteiger partial charge in [-0.3, -0.25) is 0 Å². The van der Waals surface area contributed by atoms with E-state index in [-0.39, 0.29) is 18.6 Å². The number of alkyl carbamates (subject to hydrolysis) is 1. The van der Waals surface area contributed by atoms with E-state index in [1.165, 1.54) is 12.1 Å². The zero-order valence-electron chi connectivity index (χ0n) is 14.5. The third kappa shape index (κ3) is 6.40. The van der Waals surface area contributed by atoms with Gasteiger partial charge in [-0.05, 0) is 44.9 Å². The molecule has 0 aliphatic carbocycles. The van der Waals surface area contributed by atoms with E-state index in [0.717, 1.165) is 0 Å². The first-order valence-electron chi connectivity index (χ1n) is 7.73. The first-order chi connectivity index (χ1) is 11.2. The highest BCUT2D eigenvalue weighted by molar-refractivity contribution is 5.81. The number of halogens is 1. The van der Waals surface area contributed by atoms with Crippen LogP contribution in [-0.4, -0.2) is 30.3 Å². The lowest BCUT2D eigenvalue weighted by Crippen LogP contribution is -2.45. The molecule has 1 aromatic carbocycles. The minimum atomic E-state index is -1.04. The van der Waals surface area contributed by atoms with E-state index in [1.54, 1.807) is 39.8 Å². The van der Waals surface area contributed by atoms with Gasteiger partial charge in [0.2, 0.25) is 0 Å². The van der Waals surface area contributed by atoms with Crippen molar-refractivity contribution >= 4 is 18.1 Å². The Balaban J connectivity index is 2.92. The summed E-state index contributed by atoms with van der Waals surface area (Å²) in [4.78, 5) is 24.0. The van der Waals surface area contributed by atoms with E-state index in [1.807, 2.05) is 0 Å². The van der Waals surface area contributed by atoms with Gasteiger partial charge in [-0.1, -0.05) is 24.8 Å². The molecule has 1 rings (SSSR count). The van der Waals surface area contributed by atoms with Crippen molar-refractivity contribution in [1.29, 1.82) is 0 Å². The number of ether oxygens (including phenoxy) is 2. The second-order valence-electron chi connectivity index (χ2n) is 6.21. The van der Waals surface area contributed by atoms with Crippen molar-refractivity contribution in [2.45, 2.75) is 45.8 Å². The van der Waals surface area contributed by atoms with E-state index in [9.17, 15) is 14.0 Å². The van der Waals surface area contributed by atoms with Crippen LogP contribution in [0.2, 0.25) is 0 Å². The molecular formula is C18H24FNO4. The van der Waals surface area contributed by atoms with Crippen molar-refractivity contribution in [2.24, 2.45) is 0 Å². The summed E-state index contributed by atoms with van der Waals surface area (Å²) < 4.78 is 24.2. The number of rotatable bonds is 6. The topological polar surface area (TPSA) is 64.6 Å². The molecule has 0 heterocycles. The average Bonchev–Trinajstić information content (AvgIpc) is 2.46. The Labute approximate surface area is 141 Å². The summed E-state index contributed by atoms with van der Waals surface area (Å²) in [5.41, 5.74) is 0.207. The lowest BCUT2D eigenvalue weighted by molar-refractivity contribution is -0.145. The predicted octanol–water partition coefficient (Wildman–Crippen LogP) is 3.47. The average molecular weight is 337 g/mol. The number of benzene rings is 1. The van der Waals surface area contributed by atoms with Crippen LogP contribution >= 0.6 is 0 Å². The van der Waals surface area contributed by atoms with Gasteiger partial charge in [-0.25, -0.2) is 14.0 Å². The minimum Gasteiger partial charge on any atom is -0.464 e. The summed E-state index contributed by atoms with van der Waals surface area (Å²) in [5.74, 6) is -1.12. The van der Waals surface area contributed by atoms with Crippen LogP contribution in [0.25, 0.3) is 6.08 Å². The summed E-state index contributed by atoms with van der Waals surface area (Å²) in [6.07, 6.45) is 0.722. The second-order valence-corrected chi connectivity index (χ2v) is 6.21. The van der Waals surface area contributed by atoms with Crippen LogP contribution in [0.1, 0.15) is 38.8 Å². The number of hydrogen-bond donors (Lipinski definition) is 1. The third-order valence-corrected chi connectivity index (χ3v) is 3.00.